The first-order chi connectivity index (χ1) is 18.5. The fourth-order valence-electron chi connectivity index (χ4n) is 4.58. The predicted molar refractivity (Wildman–Crippen MR) is 144 cm³/mol. The van der Waals surface area contributed by atoms with Gasteiger partial charge in [0, 0.05) is 50.7 Å². The highest BCUT2D eigenvalue weighted by Gasteiger charge is 2.32. The molecule has 0 aliphatic carbocycles. The van der Waals surface area contributed by atoms with Crippen LogP contribution in [0.2, 0.25) is 0 Å². The molecule has 38 heavy (non-hydrogen) atoms. The summed E-state index contributed by atoms with van der Waals surface area (Å²) in [7, 11) is 0. The van der Waals surface area contributed by atoms with Crippen LogP contribution in [0.4, 0.5) is 0 Å². The molecule has 9 heteroatoms. The maximum atomic E-state index is 13.5. The molecule has 2 heterocycles. The van der Waals surface area contributed by atoms with Crippen LogP contribution in [-0.2, 0) is 20.7 Å². The molecule has 0 saturated carbocycles. The van der Waals surface area contributed by atoms with Crippen LogP contribution in [0.25, 0.3) is 5.69 Å². The van der Waals surface area contributed by atoms with Crippen LogP contribution in [0, 0.1) is 0 Å². The molecule has 1 atom stereocenters. The number of hydrogen-bond donors (Lipinski definition) is 0. The van der Waals surface area contributed by atoms with Gasteiger partial charge >= 0.3 is 0 Å². The molecule has 2 aromatic carbocycles. The topological polar surface area (TPSA) is 88.0 Å². The fourth-order valence-corrected chi connectivity index (χ4v) is 4.58. The largest absolute Gasteiger partial charge is 0.365 e. The average Bonchev–Trinajstić information content (AvgIpc) is 3.44. The Morgan fingerprint density at radius 3 is 2.39 bits per heavy atom. The van der Waals surface area contributed by atoms with E-state index in [-0.39, 0.29) is 37.4 Å². The normalized spacial score (nSPS) is 15.8. The predicted octanol–water partition coefficient (Wildman–Crippen LogP) is 2.65. The SMILES string of the molecule is CCN(CC)C(=O)CO[C@@H]1CN(CCc2ccccc2)C(=O)CN(C(=O)c2ccc(-n3cccn3)cc2)C1. The summed E-state index contributed by atoms with van der Waals surface area (Å²) in [5.74, 6) is -0.490. The number of hydrogen-bond acceptors (Lipinski definition) is 5. The van der Waals surface area contributed by atoms with Crippen molar-refractivity contribution in [2.24, 2.45) is 0 Å². The molecule has 4 rings (SSSR count). The van der Waals surface area contributed by atoms with E-state index in [1.165, 1.54) is 4.90 Å². The summed E-state index contributed by atoms with van der Waals surface area (Å²) in [5, 5.41) is 4.21. The van der Waals surface area contributed by atoms with Crippen molar-refractivity contribution in [2.45, 2.75) is 26.4 Å². The minimum atomic E-state index is -0.482. The number of carbonyl (C=O) groups is 3. The van der Waals surface area contributed by atoms with Crippen molar-refractivity contribution in [3.05, 3.63) is 84.2 Å². The fraction of sp³-hybridized carbons (Fsp3) is 0.379. The van der Waals surface area contributed by atoms with Crippen molar-refractivity contribution < 1.29 is 19.1 Å². The molecule has 0 spiro atoms. The second-order valence-corrected chi connectivity index (χ2v) is 9.26. The number of carbonyl (C=O) groups excluding carboxylic acids is 3. The van der Waals surface area contributed by atoms with Gasteiger partial charge in [0.25, 0.3) is 5.91 Å². The highest BCUT2D eigenvalue weighted by Crippen LogP contribution is 2.16. The van der Waals surface area contributed by atoms with Gasteiger partial charge in [-0.05, 0) is 56.2 Å². The molecular formula is C29H35N5O4. The van der Waals surface area contributed by atoms with Gasteiger partial charge < -0.3 is 19.4 Å². The highest BCUT2D eigenvalue weighted by atomic mass is 16.5. The number of nitrogens with zero attached hydrogens (tertiary/aromatic N) is 5. The van der Waals surface area contributed by atoms with Crippen LogP contribution >= 0.6 is 0 Å². The number of rotatable bonds is 10. The zero-order valence-corrected chi connectivity index (χ0v) is 22.0. The molecule has 9 nitrogen and oxygen atoms in total. The summed E-state index contributed by atoms with van der Waals surface area (Å²) in [5.41, 5.74) is 2.44. The molecule has 1 aliphatic heterocycles. The Kier molecular flexibility index (Phi) is 9.26. The van der Waals surface area contributed by atoms with Crippen LogP contribution in [0.5, 0.6) is 0 Å². The highest BCUT2D eigenvalue weighted by molar-refractivity contribution is 5.97. The van der Waals surface area contributed by atoms with E-state index >= 15 is 0 Å². The molecule has 0 unspecified atom stereocenters. The van der Waals surface area contributed by atoms with Gasteiger partial charge in [0.15, 0.2) is 0 Å². The third-order valence-corrected chi connectivity index (χ3v) is 6.77. The molecule has 0 N–H and O–H groups in total. The molecule has 1 fully saturated rings. The number of ether oxygens (including phenoxy) is 1. The van der Waals surface area contributed by atoms with Crippen molar-refractivity contribution in [1.82, 2.24) is 24.5 Å². The van der Waals surface area contributed by atoms with Crippen molar-refractivity contribution in [3.63, 3.8) is 0 Å². The second kappa shape index (κ2) is 13.0. The van der Waals surface area contributed by atoms with E-state index in [9.17, 15) is 14.4 Å². The van der Waals surface area contributed by atoms with Crippen molar-refractivity contribution in [3.8, 4) is 5.69 Å². The van der Waals surface area contributed by atoms with E-state index in [0.29, 0.717) is 38.2 Å². The Hall–Kier alpha value is -3.98. The van der Waals surface area contributed by atoms with E-state index in [1.54, 1.807) is 32.8 Å². The van der Waals surface area contributed by atoms with Crippen LogP contribution in [0.15, 0.2) is 73.1 Å². The van der Waals surface area contributed by atoms with E-state index < -0.39 is 6.10 Å². The molecule has 0 bridgehead atoms. The minimum Gasteiger partial charge on any atom is -0.365 e. The molecule has 0 radical (unpaired) electrons. The minimum absolute atomic E-state index is 0.0433. The summed E-state index contributed by atoms with van der Waals surface area (Å²) in [6.45, 7) is 5.97. The van der Waals surface area contributed by atoms with Crippen LogP contribution in [0.3, 0.4) is 0 Å². The van der Waals surface area contributed by atoms with Gasteiger partial charge in [-0.15, -0.1) is 0 Å². The second-order valence-electron chi connectivity index (χ2n) is 9.26. The van der Waals surface area contributed by atoms with Gasteiger partial charge in [0.05, 0.1) is 11.8 Å². The first-order valence-electron chi connectivity index (χ1n) is 13.1. The number of aromatic nitrogens is 2. The lowest BCUT2D eigenvalue weighted by molar-refractivity contribution is -0.138. The van der Waals surface area contributed by atoms with E-state index in [0.717, 1.165) is 11.3 Å². The lowest BCUT2D eigenvalue weighted by Gasteiger charge is -2.26. The molecule has 1 aliphatic rings. The lowest BCUT2D eigenvalue weighted by Crippen LogP contribution is -2.41. The number of amides is 3. The van der Waals surface area contributed by atoms with E-state index in [2.05, 4.69) is 5.10 Å². The van der Waals surface area contributed by atoms with Crippen molar-refractivity contribution >= 4 is 17.7 Å². The summed E-state index contributed by atoms with van der Waals surface area (Å²) in [6.07, 6.45) is 3.73. The maximum absolute atomic E-state index is 13.5. The zero-order valence-electron chi connectivity index (χ0n) is 22.0. The molecule has 1 aromatic heterocycles. The first-order valence-corrected chi connectivity index (χ1v) is 13.1. The van der Waals surface area contributed by atoms with E-state index in [1.807, 2.05) is 68.6 Å². The van der Waals surface area contributed by atoms with Gasteiger partial charge in [-0.3, -0.25) is 14.4 Å². The van der Waals surface area contributed by atoms with Crippen LogP contribution in [-0.4, -0.2) is 94.2 Å². The summed E-state index contributed by atoms with van der Waals surface area (Å²) < 4.78 is 7.75. The average molecular weight is 518 g/mol. The Labute approximate surface area is 223 Å². The van der Waals surface area contributed by atoms with Gasteiger partial charge in [-0.25, -0.2) is 4.68 Å². The summed E-state index contributed by atoms with van der Waals surface area (Å²) in [6, 6.07) is 18.9. The van der Waals surface area contributed by atoms with Gasteiger partial charge in [0.2, 0.25) is 11.8 Å². The number of benzene rings is 2. The Bertz CT molecular complexity index is 1190. The molecule has 1 saturated heterocycles. The monoisotopic (exact) mass is 517 g/mol. The molecule has 200 valence electrons. The van der Waals surface area contributed by atoms with Crippen molar-refractivity contribution in [2.75, 3.05) is 45.9 Å². The Balaban J connectivity index is 1.48. The first kappa shape index (κ1) is 27.1. The quantitative estimate of drug-likeness (QED) is 0.413. The summed E-state index contributed by atoms with van der Waals surface area (Å²) >= 11 is 0. The maximum Gasteiger partial charge on any atom is 0.254 e. The Morgan fingerprint density at radius 1 is 1.00 bits per heavy atom. The molecule has 3 amide bonds. The smallest absolute Gasteiger partial charge is 0.254 e. The molecule has 3 aromatic rings. The Morgan fingerprint density at radius 2 is 1.74 bits per heavy atom. The summed E-state index contributed by atoms with van der Waals surface area (Å²) in [4.78, 5) is 44.3. The van der Waals surface area contributed by atoms with Gasteiger partial charge in [-0.2, -0.15) is 5.10 Å². The van der Waals surface area contributed by atoms with Gasteiger partial charge in [0.1, 0.15) is 13.2 Å². The van der Waals surface area contributed by atoms with E-state index in [4.69, 9.17) is 4.74 Å². The third kappa shape index (κ3) is 6.86. The zero-order chi connectivity index (χ0) is 26.9. The lowest BCUT2D eigenvalue weighted by atomic mass is 10.1. The van der Waals surface area contributed by atoms with Crippen molar-refractivity contribution in [1.29, 1.82) is 0 Å². The standard InChI is InChI=1S/C29H35N5O4/c1-3-31(4-2)28(36)22-38-26-19-32(18-15-23-9-6-5-7-10-23)27(35)21-33(20-26)29(37)24-11-13-25(14-12-24)34-17-8-16-30-34/h5-14,16-17,26H,3-4,15,18-22H2,1-2H3/t26-/m1/s1. The van der Waals surface area contributed by atoms with Crippen LogP contribution < -0.4 is 0 Å². The number of likely N-dealkylation sites (N-methyl/N-ethyl adjacent to an activating group) is 1. The van der Waals surface area contributed by atoms with Gasteiger partial charge in [-0.1, -0.05) is 30.3 Å². The molecular weight excluding hydrogens is 482 g/mol. The third-order valence-electron chi connectivity index (χ3n) is 6.77. The van der Waals surface area contributed by atoms with Crippen LogP contribution in [0.1, 0.15) is 29.8 Å².